The third-order valence-corrected chi connectivity index (χ3v) is 1.93. The number of fused-ring (bicyclic) bond motifs is 3. The van der Waals surface area contributed by atoms with E-state index in [0.29, 0.717) is 0 Å². The maximum Gasteiger partial charge on any atom is 0.165 e. The molecule has 0 aliphatic heterocycles. The SMILES string of the molecule is Fc1c2ccc(c1F)C(F)C2. The Labute approximate surface area is 61.7 Å². The number of halogens is 3. The van der Waals surface area contributed by atoms with E-state index in [4.69, 9.17) is 0 Å². The third kappa shape index (κ3) is 0.768. The van der Waals surface area contributed by atoms with Crippen molar-refractivity contribution in [3.05, 3.63) is 34.9 Å². The Hall–Kier alpha value is -0.990. The van der Waals surface area contributed by atoms with Gasteiger partial charge in [0.1, 0.15) is 6.17 Å². The van der Waals surface area contributed by atoms with Gasteiger partial charge >= 0.3 is 0 Å². The second kappa shape index (κ2) is 2.00. The number of rotatable bonds is 0. The van der Waals surface area contributed by atoms with Gasteiger partial charge in [-0.3, -0.25) is 0 Å². The third-order valence-electron chi connectivity index (χ3n) is 1.93. The Bertz CT molecular complexity index is 306. The number of alkyl halides is 1. The smallest absolute Gasteiger partial charge is 0.165 e. The molecule has 0 saturated carbocycles. The fraction of sp³-hybridized carbons (Fsp3) is 0.250. The molecular formula is C8H5F3. The number of benzene rings is 1. The Morgan fingerprint density at radius 2 is 1.91 bits per heavy atom. The molecule has 0 heterocycles. The van der Waals surface area contributed by atoms with Gasteiger partial charge in [0.15, 0.2) is 11.6 Å². The van der Waals surface area contributed by atoms with E-state index < -0.39 is 17.8 Å². The summed E-state index contributed by atoms with van der Waals surface area (Å²) in [4.78, 5) is 0. The van der Waals surface area contributed by atoms with E-state index in [1.165, 1.54) is 12.1 Å². The topological polar surface area (TPSA) is 0 Å². The van der Waals surface area contributed by atoms with Crippen molar-refractivity contribution in [1.82, 2.24) is 0 Å². The monoisotopic (exact) mass is 158 g/mol. The molecule has 0 amide bonds. The highest BCUT2D eigenvalue weighted by Crippen LogP contribution is 2.33. The van der Waals surface area contributed by atoms with Gasteiger partial charge in [0.05, 0.1) is 0 Å². The van der Waals surface area contributed by atoms with E-state index in [9.17, 15) is 13.2 Å². The maximum absolute atomic E-state index is 12.8. The number of hydrogen-bond acceptors (Lipinski definition) is 0. The van der Waals surface area contributed by atoms with Gasteiger partial charge in [-0.1, -0.05) is 12.1 Å². The molecule has 1 unspecified atom stereocenters. The maximum atomic E-state index is 12.8. The Kier molecular flexibility index (Phi) is 1.22. The zero-order valence-electron chi connectivity index (χ0n) is 5.57. The molecule has 1 atom stereocenters. The van der Waals surface area contributed by atoms with Crippen molar-refractivity contribution >= 4 is 0 Å². The van der Waals surface area contributed by atoms with Crippen molar-refractivity contribution < 1.29 is 13.2 Å². The summed E-state index contributed by atoms with van der Waals surface area (Å²) >= 11 is 0. The molecule has 11 heavy (non-hydrogen) atoms. The van der Waals surface area contributed by atoms with Gasteiger partial charge in [-0.25, -0.2) is 13.2 Å². The van der Waals surface area contributed by atoms with Gasteiger partial charge in [0, 0.05) is 12.0 Å². The van der Waals surface area contributed by atoms with Crippen molar-refractivity contribution in [3.63, 3.8) is 0 Å². The van der Waals surface area contributed by atoms with Crippen LogP contribution in [0.3, 0.4) is 0 Å². The highest BCUT2D eigenvalue weighted by atomic mass is 19.2. The van der Waals surface area contributed by atoms with Gasteiger partial charge in [-0.2, -0.15) is 0 Å². The largest absolute Gasteiger partial charge is 0.242 e. The Morgan fingerprint density at radius 1 is 1.18 bits per heavy atom. The standard InChI is InChI=1S/C8H5F3/c9-6-3-4-1-2-5(6)8(11)7(4)10/h1-2,6H,3H2. The predicted octanol–water partition coefficient (Wildman–Crippen LogP) is 2.53. The van der Waals surface area contributed by atoms with Crippen LogP contribution in [0.25, 0.3) is 0 Å². The molecule has 0 nitrogen and oxygen atoms in total. The molecule has 58 valence electrons. The van der Waals surface area contributed by atoms with Gasteiger partial charge in [-0.05, 0) is 5.56 Å². The van der Waals surface area contributed by atoms with Crippen LogP contribution in [-0.2, 0) is 6.42 Å². The van der Waals surface area contributed by atoms with Crippen LogP contribution in [0.5, 0.6) is 0 Å². The predicted molar refractivity (Wildman–Crippen MR) is 33.9 cm³/mol. The molecule has 2 bridgehead atoms. The van der Waals surface area contributed by atoms with Gasteiger partial charge in [0.2, 0.25) is 0 Å². The van der Waals surface area contributed by atoms with E-state index >= 15 is 0 Å². The highest BCUT2D eigenvalue weighted by Gasteiger charge is 2.27. The second-order valence-corrected chi connectivity index (χ2v) is 2.61. The zero-order chi connectivity index (χ0) is 8.01. The molecule has 0 saturated heterocycles. The summed E-state index contributed by atoms with van der Waals surface area (Å²) in [6.07, 6.45) is -1.38. The van der Waals surface area contributed by atoms with Gasteiger partial charge in [0.25, 0.3) is 0 Å². The molecule has 0 spiro atoms. The van der Waals surface area contributed by atoms with Crippen LogP contribution in [0.2, 0.25) is 0 Å². The van der Waals surface area contributed by atoms with Crippen molar-refractivity contribution in [1.29, 1.82) is 0 Å². The Balaban J connectivity index is 2.71. The molecule has 3 heteroatoms. The first-order valence-corrected chi connectivity index (χ1v) is 3.31. The molecule has 0 aromatic heterocycles. The van der Waals surface area contributed by atoms with Crippen LogP contribution in [0.1, 0.15) is 17.3 Å². The van der Waals surface area contributed by atoms with Crippen LogP contribution in [0, 0.1) is 11.6 Å². The minimum atomic E-state index is -1.35. The first-order valence-electron chi connectivity index (χ1n) is 3.31. The van der Waals surface area contributed by atoms with E-state index in [0.717, 1.165) is 0 Å². The fourth-order valence-electron chi connectivity index (χ4n) is 1.31. The van der Waals surface area contributed by atoms with Crippen LogP contribution < -0.4 is 0 Å². The summed E-state index contributed by atoms with van der Waals surface area (Å²) in [5.41, 5.74) is -0.0255. The molecule has 3 rings (SSSR count). The van der Waals surface area contributed by atoms with Gasteiger partial charge in [-0.15, -0.1) is 0 Å². The second-order valence-electron chi connectivity index (χ2n) is 2.61. The van der Waals surface area contributed by atoms with Crippen molar-refractivity contribution in [2.45, 2.75) is 12.6 Å². The van der Waals surface area contributed by atoms with Crippen molar-refractivity contribution in [3.8, 4) is 0 Å². The summed E-state index contributed by atoms with van der Waals surface area (Å²) in [6, 6.07) is 2.71. The van der Waals surface area contributed by atoms with Crippen LogP contribution in [0.4, 0.5) is 13.2 Å². The average Bonchev–Trinajstić information content (AvgIpc) is 1.99. The van der Waals surface area contributed by atoms with E-state index in [1.807, 2.05) is 0 Å². The first-order chi connectivity index (χ1) is 5.20. The zero-order valence-corrected chi connectivity index (χ0v) is 5.57. The summed E-state index contributed by atoms with van der Waals surface area (Å²) < 4.78 is 38.1. The minimum Gasteiger partial charge on any atom is -0.242 e. The molecule has 1 aromatic carbocycles. The summed E-state index contributed by atoms with van der Waals surface area (Å²) in [5.74, 6) is -1.92. The van der Waals surface area contributed by atoms with E-state index in [-0.39, 0.29) is 17.5 Å². The minimum absolute atomic E-state index is 0.0227. The van der Waals surface area contributed by atoms with Crippen LogP contribution in [0.15, 0.2) is 12.1 Å². The quantitative estimate of drug-likeness (QED) is 0.544. The molecule has 2 aliphatic rings. The molecule has 0 N–H and O–H groups in total. The lowest BCUT2D eigenvalue weighted by Gasteiger charge is -2.18. The molecule has 0 fully saturated rings. The lowest BCUT2D eigenvalue weighted by atomic mass is 9.93. The molecular weight excluding hydrogens is 153 g/mol. The Morgan fingerprint density at radius 3 is 2.36 bits per heavy atom. The lowest BCUT2D eigenvalue weighted by molar-refractivity contribution is 0.305. The first kappa shape index (κ1) is 6.70. The average molecular weight is 158 g/mol. The van der Waals surface area contributed by atoms with Crippen molar-refractivity contribution in [2.75, 3.05) is 0 Å². The lowest BCUT2D eigenvalue weighted by Crippen LogP contribution is -2.11. The highest BCUT2D eigenvalue weighted by molar-refractivity contribution is 5.34. The van der Waals surface area contributed by atoms with Crippen molar-refractivity contribution in [2.24, 2.45) is 0 Å². The van der Waals surface area contributed by atoms with Crippen LogP contribution in [-0.4, -0.2) is 0 Å². The fourth-order valence-corrected chi connectivity index (χ4v) is 1.31. The molecule has 1 aromatic rings. The summed E-state index contributed by atoms with van der Waals surface area (Å²) in [6.45, 7) is 0. The van der Waals surface area contributed by atoms with Gasteiger partial charge < -0.3 is 0 Å². The number of hydrogen-bond donors (Lipinski definition) is 0. The normalized spacial score (nSPS) is 20.8. The summed E-state index contributed by atoms with van der Waals surface area (Å²) in [7, 11) is 0. The van der Waals surface area contributed by atoms with E-state index in [1.54, 1.807) is 0 Å². The van der Waals surface area contributed by atoms with E-state index in [2.05, 4.69) is 0 Å². The summed E-state index contributed by atoms with van der Waals surface area (Å²) in [5, 5.41) is 0. The van der Waals surface area contributed by atoms with Crippen LogP contribution >= 0.6 is 0 Å². The molecule has 2 aliphatic carbocycles. The molecule has 0 radical (unpaired) electrons.